The molecule has 4 nitrogen and oxygen atoms in total. The number of para-hydroxylation sites is 1. The van der Waals surface area contributed by atoms with E-state index in [0.717, 1.165) is 12.1 Å². The van der Waals surface area contributed by atoms with E-state index in [2.05, 4.69) is 4.98 Å². The van der Waals surface area contributed by atoms with Crippen LogP contribution in [0, 0.1) is 10.1 Å². The molecule has 3 rings (SSSR count). The van der Waals surface area contributed by atoms with Gasteiger partial charge in [0.2, 0.25) is 0 Å². The van der Waals surface area contributed by atoms with Gasteiger partial charge in [0.1, 0.15) is 5.52 Å². The van der Waals surface area contributed by atoms with Gasteiger partial charge < -0.3 is 0 Å². The Morgan fingerprint density at radius 2 is 1.74 bits per heavy atom. The van der Waals surface area contributed by atoms with Gasteiger partial charge in [-0.2, -0.15) is 13.2 Å². The lowest BCUT2D eigenvalue weighted by Gasteiger charge is -2.09. The molecule has 0 aliphatic heterocycles. The van der Waals surface area contributed by atoms with Gasteiger partial charge in [0.05, 0.1) is 10.5 Å². The maximum atomic E-state index is 12.8. The second-order valence-electron chi connectivity index (χ2n) is 4.91. The highest BCUT2D eigenvalue weighted by Gasteiger charge is 2.30. The monoisotopic (exact) mass is 318 g/mol. The van der Waals surface area contributed by atoms with Crippen molar-refractivity contribution >= 4 is 16.6 Å². The normalized spacial score (nSPS) is 11.6. The summed E-state index contributed by atoms with van der Waals surface area (Å²) in [7, 11) is 0. The highest BCUT2D eigenvalue weighted by atomic mass is 19.4. The standard InChI is InChI=1S/C16H9F3N2O2/c17-16(18,19)13-5-1-3-10(8-13)12-7-11-4-2-6-14(21(22)23)15(11)20-9-12/h1-9H. The van der Waals surface area contributed by atoms with E-state index >= 15 is 0 Å². The van der Waals surface area contributed by atoms with Crippen molar-refractivity contribution < 1.29 is 18.1 Å². The Balaban J connectivity index is 2.13. The number of nitro benzene ring substituents is 1. The molecular weight excluding hydrogens is 309 g/mol. The number of hydrogen-bond donors (Lipinski definition) is 0. The largest absolute Gasteiger partial charge is 0.416 e. The number of benzene rings is 2. The maximum absolute atomic E-state index is 12.8. The highest BCUT2D eigenvalue weighted by Crippen LogP contribution is 2.33. The van der Waals surface area contributed by atoms with Crippen LogP contribution in [0.5, 0.6) is 0 Å². The lowest BCUT2D eigenvalue weighted by atomic mass is 10.0. The van der Waals surface area contributed by atoms with Crippen molar-refractivity contribution in [1.82, 2.24) is 4.98 Å². The summed E-state index contributed by atoms with van der Waals surface area (Å²) in [5.41, 5.74) is 0.116. The van der Waals surface area contributed by atoms with Crippen molar-refractivity contribution in [3.63, 3.8) is 0 Å². The quantitative estimate of drug-likeness (QED) is 0.502. The molecule has 1 heterocycles. The van der Waals surface area contributed by atoms with E-state index in [4.69, 9.17) is 0 Å². The molecule has 3 aromatic rings. The molecule has 2 aromatic carbocycles. The van der Waals surface area contributed by atoms with Crippen LogP contribution in [0.4, 0.5) is 18.9 Å². The van der Waals surface area contributed by atoms with E-state index in [0.29, 0.717) is 16.5 Å². The molecule has 116 valence electrons. The topological polar surface area (TPSA) is 56.0 Å². The number of fused-ring (bicyclic) bond motifs is 1. The minimum Gasteiger partial charge on any atom is -0.258 e. The highest BCUT2D eigenvalue weighted by molar-refractivity contribution is 5.90. The van der Waals surface area contributed by atoms with Gasteiger partial charge in [0.15, 0.2) is 0 Å². The van der Waals surface area contributed by atoms with Gasteiger partial charge >= 0.3 is 6.18 Å². The number of pyridine rings is 1. The molecule has 0 aliphatic carbocycles. The van der Waals surface area contributed by atoms with Crippen LogP contribution in [-0.2, 0) is 6.18 Å². The predicted molar refractivity (Wildman–Crippen MR) is 78.8 cm³/mol. The molecule has 0 unspecified atom stereocenters. The van der Waals surface area contributed by atoms with E-state index in [1.165, 1.54) is 30.5 Å². The minimum absolute atomic E-state index is 0.141. The third-order valence-corrected chi connectivity index (χ3v) is 3.41. The lowest BCUT2D eigenvalue weighted by molar-refractivity contribution is -0.383. The fourth-order valence-corrected chi connectivity index (χ4v) is 2.32. The second kappa shape index (κ2) is 5.35. The molecule has 0 saturated heterocycles. The van der Waals surface area contributed by atoms with Crippen molar-refractivity contribution in [1.29, 1.82) is 0 Å². The summed E-state index contributed by atoms with van der Waals surface area (Å²) < 4.78 is 38.4. The zero-order valence-corrected chi connectivity index (χ0v) is 11.5. The van der Waals surface area contributed by atoms with Crippen LogP contribution in [0.3, 0.4) is 0 Å². The fraction of sp³-hybridized carbons (Fsp3) is 0.0625. The number of alkyl halides is 3. The van der Waals surface area contributed by atoms with Crippen molar-refractivity contribution in [2.24, 2.45) is 0 Å². The molecule has 0 atom stereocenters. The first kappa shape index (κ1) is 15.0. The molecule has 0 saturated carbocycles. The molecule has 0 bridgehead atoms. The molecule has 0 N–H and O–H groups in total. The van der Waals surface area contributed by atoms with E-state index in [9.17, 15) is 23.3 Å². The van der Waals surface area contributed by atoms with Gasteiger partial charge in [-0.25, -0.2) is 4.98 Å². The van der Waals surface area contributed by atoms with Crippen LogP contribution in [0.15, 0.2) is 54.7 Å². The number of aromatic nitrogens is 1. The first-order valence-corrected chi connectivity index (χ1v) is 6.57. The van der Waals surface area contributed by atoms with Crippen LogP contribution in [-0.4, -0.2) is 9.91 Å². The third-order valence-electron chi connectivity index (χ3n) is 3.41. The summed E-state index contributed by atoms with van der Waals surface area (Å²) in [4.78, 5) is 14.5. The van der Waals surface area contributed by atoms with Crippen LogP contribution < -0.4 is 0 Å². The molecule has 1 aromatic heterocycles. The van der Waals surface area contributed by atoms with Crippen LogP contribution >= 0.6 is 0 Å². The first-order chi connectivity index (χ1) is 10.9. The van der Waals surface area contributed by atoms with Crippen molar-refractivity contribution in [3.05, 3.63) is 70.4 Å². The lowest BCUT2D eigenvalue weighted by Crippen LogP contribution is -2.04. The summed E-state index contributed by atoms with van der Waals surface area (Å²) in [6.45, 7) is 0. The first-order valence-electron chi connectivity index (χ1n) is 6.57. The summed E-state index contributed by atoms with van der Waals surface area (Å²) in [6.07, 6.45) is -3.09. The molecule has 0 radical (unpaired) electrons. The van der Waals surface area contributed by atoms with Crippen molar-refractivity contribution in [2.75, 3.05) is 0 Å². The Bertz CT molecular complexity index is 907. The maximum Gasteiger partial charge on any atom is 0.416 e. The van der Waals surface area contributed by atoms with Crippen molar-refractivity contribution in [3.8, 4) is 11.1 Å². The van der Waals surface area contributed by atoms with Crippen LogP contribution in [0.1, 0.15) is 5.56 Å². The second-order valence-corrected chi connectivity index (χ2v) is 4.91. The summed E-state index contributed by atoms with van der Waals surface area (Å²) in [5, 5.41) is 11.5. The fourth-order valence-electron chi connectivity index (χ4n) is 2.32. The molecule has 0 amide bonds. The summed E-state index contributed by atoms with van der Waals surface area (Å²) in [6, 6.07) is 10.9. The Kier molecular flexibility index (Phi) is 3.48. The van der Waals surface area contributed by atoms with Gasteiger partial charge in [-0.05, 0) is 23.8 Å². The van der Waals surface area contributed by atoms with E-state index in [1.807, 2.05) is 0 Å². The van der Waals surface area contributed by atoms with Gasteiger partial charge in [-0.15, -0.1) is 0 Å². The van der Waals surface area contributed by atoms with E-state index in [1.54, 1.807) is 12.1 Å². The number of halogens is 3. The number of nitro groups is 1. The smallest absolute Gasteiger partial charge is 0.258 e. The molecule has 0 fully saturated rings. The number of hydrogen-bond acceptors (Lipinski definition) is 3. The zero-order chi connectivity index (χ0) is 16.6. The number of nitrogens with zero attached hydrogens (tertiary/aromatic N) is 2. The Labute approximate surface area is 128 Å². The van der Waals surface area contributed by atoms with Crippen LogP contribution in [0.2, 0.25) is 0 Å². The van der Waals surface area contributed by atoms with Gasteiger partial charge in [0, 0.05) is 23.2 Å². The van der Waals surface area contributed by atoms with Gasteiger partial charge in [-0.3, -0.25) is 10.1 Å². The molecule has 23 heavy (non-hydrogen) atoms. The average molecular weight is 318 g/mol. The summed E-state index contributed by atoms with van der Waals surface area (Å²) >= 11 is 0. The predicted octanol–water partition coefficient (Wildman–Crippen LogP) is 4.83. The molecule has 0 aliphatic rings. The van der Waals surface area contributed by atoms with E-state index < -0.39 is 16.7 Å². The van der Waals surface area contributed by atoms with Gasteiger partial charge in [0.25, 0.3) is 5.69 Å². The molecule has 7 heteroatoms. The van der Waals surface area contributed by atoms with E-state index in [-0.39, 0.29) is 11.2 Å². The minimum atomic E-state index is -4.43. The van der Waals surface area contributed by atoms with Gasteiger partial charge in [-0.1, -0.05) is 24.3 Å². The SMILES string of the molecule is O=[N+]([O-])c1cccc2cc(-c3cccc(C(F)(F)F)c3)cnc12. The Hall–Kier alpha value is -2.96. The molecule has 0 spiro atoms. The van der Waals surface area contributed by atoms with Crippen LogP contribution in [0.25, 0.3) is 22.0 Å². The molecular formula is C16H9F3N2O2. The Morgan fingerprint density at radius 1 is 1.00 bits per heavy atom. The zero-order valence-electron chi connectivity index (χ0n) is 11.5. The summed E-state index contributed by atoms with van der Waals surface area (Å²) in [5.74, 6) is 0. The average Bonchev–Trinajstić information content (AvgIpc) is 2.53. The Morgan fingerprint density at radius 3 is 2.43 bits per heavy atom. The number of non-ortho nitro benzene ring substituents is 1. The third kappa shape index (κ3) is 2.85. The number of rotatable bonds is 2. The van der Waals surface area contributed by atoms with Crippen molar-refractivity contribution in [2.45, 2.75) is 6.18 Å².